The molecule has 1 aliphatic carbocycles. The summed E-state index contributed by atoms with van der Waals surface area (Å²) in [7, 11) is 0. The first kappa shape index (κ1) is 12.9. The van der Waals surface area contributed by atoms with E-state index in [0.29, 0.717) is 11.7 Å². The zero-order chi connectivity index (χ0) is 14.1. The van der Waals surface area contributed by atoms with E-state index < -0.39 is 0 Å². The van der Waals surface area contributed by atoms with Crippen molar-refractivity contribution in [1.82, 2.24) is 9.97 Å². The summed E-state index contributed by atoms with van der Waals surface area (Å²) >= 11 is 0. The van der Waals surface area contributed by atoms with Crippen LogP contribution in [0, 0.1) is 13.8 Å². The van der Waals surface area contributed by atoms with Gasteiger partial charge in [0.25, 0.3) is 0 Å². The Bertz CT molecular complexity index is 617. The predicted molar refractivity (Wildman–Crippen MR) is 81.0 cm³/mol. The Balaban J connectivity index is 1.94. The van der Waals surface area contributed by atoms with Crippen LogP contribution in [-0.2, 0) is 0 Å². The van der Waals surface area contributed by atoms with Gasteiger partial charge in [-0.3, -0.25) is 0 Å². The molecular weight excluding hydrogens is 250 g/mol. The number of hydrazine groups is 1. The molecule has 0 bridgehead atoms. The van der Waals surface area contributed by atoms with Gasteiger partial charge >= 0.3 is 0 Å². The van der Waals surface area contributed by atoms with Crippen LogP contribution in [0.1, 0.15) is 35.7 Å². The summed E-state index contributed by atoms with van der Waals surface area (Å²) < 4.78 is 0. The van der Waals surface area contributed by atoms with Crippen LogP contribution in [0.3, 0.4) is 0 Å². The molecule has 104 valence electrons. The third-order valence-electron chi connectivity index (χ3n) is 3.56. The Morgan fingerprint density at radius 3 is 2.30 bits per heavy atom. The van der Waals surface area contributed by atoms with Crippen molar-refractivity contribution in [2.45, 2.75) is 32.6 Å². The third-order valence-corrected chi connectivity index (χ3v) is 3.56. The maximum Gasteiger partial charge on any atom is 0.148 e. The van der Waals surface area contributed by atoms with Crippen molar-refractivity contribution in [2.24, 2.45) is 5.84 Å². The van der Waals surface area contributed by atoms with E-state index in [9.17, 15) is 0 Å². The van der Waals surface area contributed by atoms with Crippen molar-refractivity contribution in [3.8, 4) is 0 Å². The zero-order valence-corrected chi connectivity index (χ0v) is 11.8. The van der Waals surface area contributed by atoms with E-state index in [1.165, 1.54) is 5.56 Å². The number of hydrogen-bond acceptors (Lipinski definition) is 5. The molecule has 1 aromatic carbocycles. The lowest BCUT2D eigenvalue weighted by Crippen LogP contribution is -2.13. The molecule has 1 saturated carbocycles. The number of anilines is 3. The SMILES string of the molecule is Cc1ccc(Nc2nc(C3CC3)nc(NN)c2C)cc1. The highest BCUT2D eigenvalue weighted by atomic mass is 15.3. The van der Waals surface area contributed by atoms with Crippen molar-refractivity contribution in [3.63, 3.8) is 0 Å². The van der Waals surface area contributed by atoms with Gasteiger partial charge < -0.3 is 10.7 Å². The molecule has 0 radical (unpaired) electrons. The largest absolute Gasteiger partial charge is 0.340 e. The number of nitrogens with one attached hydrogen (secondary N) is 2. The van der Waals surface area contributed by atoms with Gasteiger partial charge in [-0.2, -0.15) is 0 Å². The summed E-state index contributed by atoms with van der Waals surface area (Å²) in [4.78, 5) is 9.12. The topological polar surface area (TPSA) is 75.9 Å². The molecule has 1 aliphatic rings. The number of aromatic nitrogens is 2. The average Bonchev–Trinajstić information content (AvgIpc) is 3.28. The van der Waals surface area contributed by atoms with Gasteiger partial charge in [-0.25, -0.2) is 15.8 Å². The van der Waals surface area contributed by atoms with Crippen LogP contribution in [0.4, 0.5) is 17.3 Å². The van der Waals surface area contributed by atoms with E-state index in [4.69, 9.17) is 5.84 Å². The zero-order valence-electron chi connectivity index (χ0n) is 11.8. The second-order valence-electron chi connectivity index (χ2n) is 5.31. The summed E-state index contributed by atoms with van der Waals surface area (Å²) in [6.07, 6.45) is 2.33. The number of hydrogen-bond donors (Lipinski definition) is 3. The molecule has 1 heterocycles. The molecule has 2 aromatic rings. The van der Waals surface area contributed by atoms with Crippen molar-refractivity contribution in [3.05, 3.63) is 41.2 Å². The van der Waals surface area contributed by atoms with Crippen LogP contribution < -0.4 is 16.6 Å². The summed E-state index contributed by atoms with van der Waals surface area (Å²) in [5.41, 5.74) is 5.84. The Morgan fingerprint density at radius 1 is 1.05 bits per heavy atom. The van der Waals surface area contributed by atoms with Crippen molar-refractivity contribution in [2.75, 3.05) is 10.7 Å². The second kappa shape index (κ2) is 5.09. The van der Waals surface area contributed by atoms with Gasteiger partial charge in [0.05, 0.1) is 0 Å². The minimum atomic E-state index is 0.487. The highest BCUT2D eigenvalue weighted by Crippen LogP contribution is 2.39. The fourth-order valence-electron chi connectivity index (χ4n) is 2.09. The summed E-state index contributed by atoms with van der Waals surface area (Å²) in [5.74, 6) is 8.42. The van der Waals surface area contributed by atoms with Gasteiger partial charge in [-0.05, 0) is 38.8 Å². The van der Waals surface area contributed by atoms with Crippen LogP contribution in [0.25, 0.3) is 0 Å². The summed E-state index contributed by atoms with van der Waals surface area (Å²) in [5, 5.41) is 3.35. The molecular formula is C15H19N5. The van der Waals surface area contributed by atoms with E-state index in [-0.39, 0.29) is 0 Å². The lowest BCUT2D eigenvalue weighted by atomic mass is 10.2. The predicted octanol–water partition coefficient (Wildman–Crippen LogP) is 3.00. The van der Waals surface area contributed by atoms with E-state index in [2.05, 4.69) is 39.8 Å². The Hall–Kier alpha value is -2.14. The van der Waals surface area contributed by atoms with E-state index >= 15 is 0 Å². The summed E-state index contributed by atoms with van der Waals surface area (Å²) in [6, 6.07) is 8.23. The third kappa shape index (κ3) is 2.58. The number of nitrogens with zero attached hydrogens (tertiary/aromatic N) is 2. The van der Waals surface area contributed by atoms with Crippen LogP contribution in [0.2, 0.25) is 0 Å². The summed E-state index contributed by atoms with van der Waals surface area (Å²) in [6.45, 7) is 4.03. The molecule has 0 spiro atoms. The number of aryl methyl sites for hydroxylation is 1. The molecule has 0 amide bonds. The first-order valence-corrected chi connectivity index (χ1v) is 6.86. The molecule has 0 atom stereocenters. The van der Waals surface area contributed by atoms with Crippen molar-refractivity contribution in [1.29, 1.82) is 0 Å². The van der Waals surface area contributed by atoms with E-state index in [1.807, 2.05) is 19.1 Å². The molecule has 0 saturated heterocycles. The maximum absolute atomic E-state index is 5.55. The normalized spacial score (nSPS) is 14.2. The molecule has 20 heavy (non-hydrogen) atoms. The quantitative estimate of drug-likeness (QED) is 0.587. The molecule has 5 heteroatoms. The Morgan fingerprint density at radius 2 is 1.70 bits per heavy atom. The molecule has 4 N–H and O–H groups in total. The number of nitrogen functional groups attached to an aromatic ring is 1. The monoisotopic (exact) mass is 269 g/mol. The van der Waals surface area contributed by atoms with Gasteiger partial charge in [-0.15, -0.1) is 0 Å². The molecule has 3 rings (SSSR count). The minimum Gasteiger partial charge on any atom is -0.340 e. The van der Waals surface area contributed by atoms with Crippen molar-refractivity contribution >= 4 is 17.3 Å². The molecule has 1 fully saturated rings. The van der Waals surface area contributed by atoms with Crippen LogP contribution in [0.15, 0.2) is 24.3 Å². The number of rotatable bonds is 4. The molecule has 0 unspecified atom stereocenters. The first-order chi connectivity index (χ1) is 9.67. The smallest absolute Gasteiger partial charge is 0.148 e. The van der Waals surface area contributed by atoms with Crippen LogP contribution >= 0.6 is 0 Å². The van der Waals surface area contributed by atoms with Gasteiger partial charge in [0.15, 0.2) is 0 Å². The standard InChI is InChI=1S/C15H19N5/c1-9-3-7-12(8-4-9)17-13-10(2)14(20-16)19-15(18-13)11-5-6-11/h3-4,7-8,11H,5-6,16H2,1-2H3,(H2,17,18,19,20). The number of benzene rings is 1. The van der Waals surface area contributed by atoms with E-state index in [1.54, 1.807) is 0 Å². The fraction of sp³-hybridized carbons (Fsp3) is 0.333. The number of nitrogens with two attached hydrogens (primary N) is 1. The van der Waals surface area contributed by atoms with Crippen LogP contribution in [-0.4, -0.2) is 9.97 Å². The molecule has 5 nitrogen and oxygen atoms in total. The minimum absolute atomic E-state index is 0.487. The molecule has 1 aromatic heterocycles. The van der Waals surface area contributed by atoms with Crippen molar-refractivity contribution < 1.29 is 0 Å². The molecule has 0 aliphatic heterocycles. The van der Waals surface area contributed by atoms with Gasteiger partial charge in [0, 0.05) is 17.2 Å². The Labute approximate surface area is 118 Å². The van der Waals surface area contributed by atoms with Crippen LogP contribution in [0.5, 0.6) is 0 Å². The van der Waals surface area contributed by atoms with E-state index in [0.717, 1.165) is 35.7 Å². The average molecular weight is 269 g/mol. The van der Waals surface area contributed by atoms with Gasteiger partial charge in [-0.1, -0.05) is 17.7 Å². The first-order valence-electron chi connectivity index (χ1n) is 6.86. The Kier molecular flexibility index (Phi) is 3.28. The highest BCUT2D eigenvalue weighted by molar-refractivity contribution is 5.64. The highest BCUT2D eigenvalue weighted by Gasteiger charge is 2.28. The second-order valence-corrected chi connectivity index (χ2v) is 5.31. The van der Waals surface area contributed by atoms with Gasteiger partial charge in [0.2, 0.25) is 0 Å². The lowest BCUT2D eigenvalue weighted by molar-refractivity contribution is 0.920. The lowest BCUT2D eigenvalue weighted by Gasteiger charge is -2.13. The fourth-order valence-corrected chi connectivity index (χ4v) is 2.09. The van der Waals surface area contributed by atoms with Gasteiger partial charge in [0.1, 0.15) is 17.5 Å². The maximum atomic E-state index is 5.55.